The zero-order valence-corrected chi connectivity index (χ0v) is 11.1. The third-order valence-electron chi connectivity index (χ3n) is 2.58. The molecule has 0 saturated carbocycles. The number of hydrogen-bond donors (Lipinski definition) is 0. The molecule has 3 aromatic rings. The van der Waals surface area contributed by atoms with Gasteiger partial charge in [-0.05, 0) is 23.2 Å². The lowest BCUT2D eigenvalue weighted by atomic mass is 10.2. The van der Waals surface area contributed by atoms with Crippen LogP contribution in [-0.2, 0) is 0 Å². The fourth-order valence-corrected chi connectivity index (χ4v) is 3.01. The number of rotatable bonds is 2. The van der Waals surface area contributed by atoms with Gasteiger partial charge in [-0.25, -0.2) is 4.98 Å². The van der Waals surface area contributed by atoms with Crippen LogP contribution in [0.3, 0.4) is 0 Å². The Morgan fingerprint density at radius 3 is 2.67 bits per heavy atom. The Labute approximate surface area is 113 Å². The van der Waals surface area contributed by atoms with Crippen molar-refractivity contribution in [1.82, 2.24) is 9.97 Å². The van der Waals surface area contributed by atoms with Crippen molar-refractivity contribution >= 4 is 33.2 Å². The molecule has 0 fully saturated rings. The third kappa shape index (κ3) is 1.94. The topological polar surface area (TPSA) is 35.0 Å². The van der Waals surface area contributed by atoms with Gasteiger partial charge in [0.05, 0.1) is 12.5 Å². The first kappa shape index (κ1) is 11.4. The Bertz CT molecular complexity index is 697. The van der Waals surface area contributed by atoms with Gasteiger partial charge in [0.2, 0.25) is 11.2 Å². The smallest absolute Gasteiger partial charge is 0.227 e. The summed E-state index contributed by atoms with van der Waals surface area (Å²) in [5.74, 6) is 0.517. The lowest BCUT2D eigenvalue weighted by Gasteiger charge is -1.99. The maximum atomic E-state index is 5.86. The quantitative estimate of drug-likeness (QED) is 0.663. The summed E-state index contributed by atoms with van der Waals surface area (Å²) in [5.41, 5.74) is 1.15. The van der Waals surface area contributed by atoms with E-state index in [0.29, 0.717) is 5.88 Å². The lowest BCUT2D eigenvalue weighted by molar-refractivity contribution is 0.403. The van der Waals surface area contributed by atoms with Crippen molar-refractivity contribution in [2.24, 2.45) is 0 Å². The summed E-state index contributed by atoms with van der Waals surface area (Å²) in [7, 11) is 1.58. The van der Waals surface area contributed by atoms with Gasteiger partial charge >= 0.3 is 0 Å². The van der Waals surface area contributed by atoms with Crippen LogP contribution in [0.25, 0.3) is 20.7 Å². The SMILES string of the molecule is COc1nc(Cl)nc2sc(-c3ccccc3)cc12. The molecule has 0 atom stereocenters. The van der Waals surface area contributed by atoms with E-state index >= 15 is 0 Å². The van der Waals surface area contributed by atoms with Crippen LogP contribution in [0.1, 0.15) is 0 Å². The second-order valence-electron chi connectivity index (χ2n) is 3.70. The first-order chi connectivity index (χ1) is 8.78. The molecule has 2 aromatic heterocycles. The second-order valence-corrected chi connectivity index (χ2v) is 5.07. The van der Waals surface area contributed by atoms with E-state index < -0.39 is 0 Å². The largest absolute Gasteiger partial charge is 0.480 e. The average Bonchev–Trinajstić information content (AvgIpc) is 2.82. The zero-order chi connectivity index (χ0) is 12.5. The summed E-state index contributed by atoms with van der Waals surface area (Å²) in [6.45, 7) is 0. The highest BCUT2D eigenvalue weighted by Gasteiger charge is 2.12. The Kier molecular flexibility index (Phi) is 2.89. The first-order valence-electron chi connectivity index (χ1n) is 5.34. The van der Waals surface area contributed by atoms with E-state index in [4.69, 9.17) is 16.3 Å². The fraction of sp³-hybridized carbons (Fsp3) is 0.0769. The third-order valence-corrected chi connectivity index (χ3v) is 3.83. The van der Waals surface area contributed by atoms with Crippen LogP contribution in [0.2, 0.25) is 5.28 Å². The monoisotopic (exact) mass is 276 g/mol. The van der Waals surface area contributed by atoms with Crippen LogP contribution >= 0.6 is 22.9 Å². The Hall–Kier alpha value is -1.65. The van der Waals surface area contributed by atoms with Gasteiger partial charge in [0.15, 0.2) is 0 Å². The number of thiophene rings is 1. The number of halogens is 1. The van der Waals surface area contributed by atoms with Crippen molar-refractivity contribution in [3.63, 3.8) is 0 Å². The molecule has 90 valence electrons. The Morgan fingerprint density at radius 1 is 1.17 bits per heavy atom. The van der Waals surface area contributed by atoms with Crippen molar-refractivity contribution in [3.8, 4) is 16.3 Å². The van der Waals surface area contributed by atoms with Gasteiger partial charge in [-0.2, -0.15) is 4.98 Å². The number of ether oxygens (including phenoxy) is 1. The number of hydrogen-bond acceptors (Lipinski definition) is 4. The summed E-state index contributed by atoms with van der Waals surface area (Å²) < 4.78 is 5.23. The molecule has 0 N–H and O–H groups in total. The Morgan fingerprint density at radius 2 is 1.94 bits per heavy atom. The molecule has 0 aliphatic heterocycles. The van der Waals surface area contributed by atoms with Gasteiger partial charge in [0.1, 0.15) is 4.83 Å². The Balaban J connectivity index is 2.23. The highest BCUT2D eigenvalue weighted by molar-refractivity contribution is 7.21. The van der Waals surface area contributed by atoms with Gasteiger partial charge in [-0.15, -0.1) is 11.3 Å². The van der Waals surface area contributed by atoms with Crippen LogP contribution < -0.4 is 4.74 Å². The van der Waals surface area contributed by atoms with Crippen LogP contribution in [0.15, 0.2) is 36.4 Å². The van der Waals surface area contributed by atoms with Gasteiger partial charge in [-0.3, -0.25) is 0 Å². The molecule has 0 bridgehead atoms. The molecule has 0 aliphatic rings. The molecule has 2 heterocycles. The number of methoxy groups -OCH3 is 1. The summed E-state index contributed by atoms with van der Waals surface area (Å²) >= 11 is 7.44. The van der Waals surface area contributed by atoms with Crippen LogP contribution in [-0.4, -0.2) is 17.1 Å². The molecule has 3 rings (SSSR count). The zero-order valence-electron chi connectivity index (χ0n) is 9.55. The number of aromatic nitrogens is 2. The fourth-order valence-electron chi connectivity index (χ4n) is 1.77. The molecule has 0 saturated heterocycles. The van der Waals surface area contributed by atoms with E-state index in [1.54, 1.807) is 18.4 Å². The van der Waals surface area contributed by atoms with Gasteiger partial charge in [-0.1, -0.05) is 30.3 Å². The van der Waals surface area contributed by atoms with Crippen LogP contribution in [0, 0.1) is 0 Å². The molecule has 18 heavy (non-hydrogen) atoms. The molecule has 1 aromatic carbocycles. The van der Waals surface area contributed by atoms with E-state index in [1.807, 2.05) is 24.3 Å². The average molecular weight is 277 g/mol. The molecule has 0 spiro atoms. The molecular formula is C13H9ClN2OS. The van der Waals surface area contributed by atoms with E-state index in [9.17, 15) is 0 Å². The van der Waals surface area contributed by atoms with Crippen LogP contribution in [0.4, 0.5) is 0 Å². The van der Waals surface area contributed by atoms with Crippen molar-refractivity contribution in [2.75, 3.05) is 7.11 Å². The minimum Gasteiger partial charge on any atom is -0.480 e. The van der Waals surface area contributed by atoms with Gasteiger partial charge < -0.3 is 4.74 Å². The molecule has 0 radical (unpaired) electrons. The molecule has 0 amide bonds. The lowest BCUT2D eigenvalue weighted by Crippen LogP contribution is -1.90. The minimum absolute atomic E-state index is 0.209. The van der Waals surface area contributed by atoms with Crippen molar-refractivity contribution in [1.29, 1.82) is 0 Å². The normalized spacial score (nSPS) is 10.8. The van der Waals surface area contributed by atoms with Gasteiger partial charge in [0, 0.05) is 4.88 Å². The van der Waals surface area contributed by atoms with Crippen molar-refractivity contribution in [2.45, 2.75) is 0 Å². The predicted molar refractivity (Wildman–Crippen MR) is 74.4 cm³/mol. The van der Waals surface area contributed by atoms with E-state index in [2.05, 4.69) is 22.1 Å². The van der Waals surface area contributed by atoms with Gasteiger partial charge in [0.25, 0.3) is 0 Å². The van der Waals surface area contributed by atoms with E-state index in [1.165, 1.54) is 0 Å². The van der Waals surface area contributed by atoms with E-state index in [-0.39, 0.29) is 5.28 Å². The summed E-state index contributed by atoms with van der Waals surface area (Å²) in [4.78, 5) is 10.3. The number of fused-ring (bicyclic) bond motifs is 1. The summed E-state index contributed by atoms with van der Waals surface area (Å²) in [6, 6.07) is 12.2. The highest BCUT2D eigenvalue weighted by Crippen LogP contribution is 2.36. The van der Waals surface area contributed by atoms with Crippen molar-refractivity contribution in [3.05, 3.63) is 41.7 Å². The molecule has 0 aliphatic carbocycles. The molecule has 5 heteroatoms. The van der Waals surface area contributed by atoms with E-state index in [0.717, 1.165) is 20.7 Å². The maximum Gasteiger partial charge on any atom is 0.227 e. The molecule has 3 nitrogen and oxygen atoms in total. The molecular weight excluding hydrogens is 268 g/mol. The number of nitrogens with zero attached hydrogens (tertiary/aromatic N) is 2. The summed E-state index contributed by atoms with van der Waals surface area (Å²) in [6.07, 6.45) is 0. The maximum absolute atomic E-state index is 5.86. The second kappa shape index (κ2) is 4.55. The standard InChI is InChI=1S/C13H9ClN2OS/c1-17-11-9-7-10(8-5-3-2-4-6-8)18-12(9)16-13(14)15-11/h2-7H,1H3. The molecule has 0 unspecified atom stereocenters. The minimum atomic E-state index is 0.209. The number of benzene rings is 1. The predicted octanol–water partition coefficient (Wildman–Crippen LogP) is 4.02. The first-order valence-corrected chi connectivity index (χ1v) is 6.54. The summed E-state index contributed by atoms with van der Waals surface area (Å²) in [5, 5.41) is 1.10. The highest BCUT2D eigenvalue weighted by atomic mass is 35.5. The van der Waals surface area contributed by atoms with Crippen molar-refractivity contribution < 1.29 is 4.74 Å². The van der Waals surface area contributed by atoms with Crippen LogP contribution in [0.5, 0.6) is 5.88 Å².